The van der Waals surface area contributed by atoms with Crippen LogP contribution in [-0.2, 0) is 6.54 Å². The first-order valence-corrected chi connectivity index (χ1v) is 9.39. The van der Waals surface area contributed by atoms with Gasteiger partial charge >= 0.3 is 0 Å². The van der Waals surface area contributed by atoms with E-state index in [4.69, 9.17) is 9.47 Å². The van der Waals surface area contributed by atoms with Crippen LogP contribution in [0.25, 0.3) is 0 Å². The molecule has 0 saturated heterocycles. The molecule has 138 valence electrons. The molecule has 1 aromatic carbocycles. The lowest BCUT2D eigenvalue weighted by molar-refractivity contribution is 0.261. The first-order chi connectivity index (χ1) is 11.7. The molecule has 4 heteroatoms. The molecule has 4 nitrogen and oxygen atoms in total. The maximum Gasteiger partial charge on any atom is 0.161 e. The number of benzene rings is 1. The van der Waals surface area contributed by atoms with Crippen LogP contribution in [0, 0.1) is 0 Å². The Morgan fingerprint density at radius 1 is 0.875 bits per heavy atom. The highest BCUT2D eigenvalue weighted by Gasteiger charge is 2.05. The fraction of sp³-hybridized carbons (Fsp3) is 0.700. The second-order valence-corrected chi connectivity index (χ2v) is 6.27. The molecular weight excluding hydrogens is 300 g/mol. The molecule has 0 heterocycles. The molecule has 0 aliphatic heterocycles. The Hall–Kier alpha value is -1.26. The third kappa shape index (κ3) is 8.02. The molecule has 0 saturated carbocycles. The van der Waals surface area contributed by atoms with Crippen LogP contribution in [-0.4, -0.2) is 45.3 Å². The highest BCUT2D eigenvalue weighted by molar-refractivity contribution is 5.42. The van der Waals surface area contributed by atoms with Crippen LogP contribution in [0.15, 0.2) is 18.2 Å². The number of ether oxygens (including phenoxy) is 2. The van der Waals surface area contributed by atoms with Gasteiger partial charge in [0.2, 0.25) is 0 Å². The minimum Gasteiger partial charge on any atom is -0.493 e. The highest BCUT2D eigenvalue weighted by Crippen LogP contribution is 2.27. The second-order valence-electron chi connectivity index (χ2n) is 6.27. The average molecular weight is 337 g/mol. The van der Waals surface area contributed by atoms with Crippen molar-refractivity contribution in [1.82, 2.24) is 10.2 Å². The summed E-state index contributed by atoms with van der Waals surface area (Å²) in [5.74, 6) is 1.57. The molecule has 0 radical (unpaired) electrons. The summed E-state index contributed by atoms with van der Waals surface area (Å²) in [6.07, 6.45) is 6.37. The van der Waals surface area contributed by atoms with Crippen molar-refractivity contribution in [1.29, 1.82) is 0 Å². The van der Waals surface area contributed by atoms with Crippen LogP contribution in [0.3, 0.4) is 0 Å². The molecule has 1 N–H and O–H groups in total. The fourth-order valence-corrected chi connectivity index (χ4v) is 2.75. The van der Waals surface area contributed by atoms with E-state index in [1.807, 2.05) is 12.1 Å². The molecule has 1 rings (SSSR count). The Morgan fingerprint density at radius 2 is 1.50 bits per heavy atom. The third-order valence-corrected chi connectivity index (χ3v) is 4.26. The summed E-state index contributed by atoms with van der Waals surface area (Å²) in [5.41, 5.74) is 1.22. The predicted octanol–water partition coefficient (Wildman–Crippen LogP) is 4.09. The van der Waals surface area contributed by atoms with E-state index in [0.717, 1.165) is 24.6 Å². The largest absolute Gasteiger partial charge is 0.493 e. The van der Waals surface area contributed by atoms with Gasteiger partial charge in [-0.2, -0.15) is 0 Å². The maximum absolute atomic E-state index is 5.35. The van der Waals surface area contributed by atoms with Crippen LogP contribution in [0.5, 0.6) is 11.5 Å². The van der Waals surface area contributed by atoms with Crippen molar-refractivity contribution in [3.63, 3.8) is 0 Å². The van der Waals surface area contributed by atoms with E-state index in [-0.39, 0.29) is 0 Å². The van der Waals surface area contributed by atoms with Gasteiger partial charge in [0.1, 0.15) is 0 Å². The van der Waals surface area contributed by atoms with Gasteiger partial charge in [-0.25, -0.2) is 0 Å². The molecule has 0 aromatic heterocycles. The summed E-state index contributed by atoms with van der Waals surface area (Å²) in [5, 5.41) is 3.53. The number of unbranched alkanes of at least 4 members (excludes halogenated alkanes) is 2. The van der Waals surface area contributed by atoms with Gasteiger partial charge in [0, 0.05) is 6.54 Å². The van der Waals surface area contributed by atoms with Gasteiger partial charge in [0.25, 0.3) is 0 Å². The van der Waals surface area contributed by atoms with Crippen LogP contribution in [0.2, 0.25) is 0 Å². The van der Waals surface area contributed by atoms with E-state index < -0.39 is 0 Å². The zero-order valence-electron chi connectivity index (χ0n) is 16.1. The molecule has 1 aromatic rings. The average Bonchev–Trinajstić information content (AvgIpc) is 2.62. The summed E-state index contributed by atoms with van der Waals surface area (Å²) in [7, 11) is 3.34. The maximum atomic E-state index is 5.35. The summed E-state index contributed by atoms with van der Waals surface area (Å²) in [4.78, 5) is 2.62. The minimum atomic E-state index is 0.781. The molecule has 0 aliphatic carbocycles. The molecule has 0 unspecified atom stereocenters. The van der Waals surface area contributed by atoms with E-state index in [2.05, 4.69) is 30.1 Å². The van der Waals surface area contributed by atoms with Crippen LogP contribution < -0.4 is 14.8 Å². The van der Waals surface area contributed by atoms with Gasteiger partial charge in [0.15, 0.2) is 11.5 Å². The van der Waals surface area contributed by atoms with Crippen molar-refractivity contribution >= 4 is 0 Å². The first-order valence-electron chi connectivity index (χ1n) is 9.39. The normalized spacial score (nSPS) is 11.0. The van der Waals surface area contributed by atoms with Gasteiger partial charge in [-0.3, -0.25) is 0 Å². The van der Waals surface area contributed by atoms with E-state index in [9.17, 15) is 0 Å². The zero-order chi connectivity index (χ0) is 17.6. The predicted molar refractivity (Wildman–Crippen MR) is 102 cm³/mol. The molecule has 0 amide bonds. The van der Waals surface area contributed by atoms with Crippen molar-refractivity contribution in [2.45, 2.75) is 52.5 Å². The summed E-state index contributed by atoms with van der Waals surface area (Å²) in [6, 6.07) is 6.09. The molecule has 0 bridgehead atoms. The van der Waals surface area contributed by atoms with Crippen molar-refractivity contribution in [2.75, 3.05) is 40.4 Å². The van der Waals surface area contributed by atoms with Crippen LogP contribution in [0.4, 0.5) is 0 Å². The molecular formula is C20H36N2O2. The lowest BCUT2D eigenvalue weighted by Gasteiger charge is -2.22. The number of hydrogen-bond acceptors (Lipinski definition) is 4. The minimum absolute atomic E-state index is 0.781. The van der Waals surface area contributed by atoms with Crippen LogP contribution >= 0.6 is 0 Å². The van der Waals surface area contributed by atoms with Gasteiger partial charge in [-0.15, -0.1) is 0 Å². The Morgan fingerprint density at radius 3 is 2.08 bits per heavy atom. The molecule has 24 heavy (non-hydrogen) atoms. The van der Waals surface area contributed by atoms with Crippen molar-refractivity contribution < 1.29 is 9.47 Å². The summed E-state index contributed by atoms with van der Waals surface area (Å²) >= 11 is 0. The molecule has 0 aliphatic rings. The quantitative estimate of drug-likeness (QED) is 0.519. The van der Waals surface area contributed by atoms with Crippen molar-refractivity contribution in [3.8, 4) is 11.5 Å². The molecule has 0 fully saturated rings. The topological polar surface area (TPSA) is 33.7 Å². The Kier molecular flexibility index (Phi) is 11.3. The molecule has 0 atom stereocenters. The zero-order valence-corrected chi connectivity index (χ0v) is 16.1. The van der Waals surface area contributed by atoms with Crippen molar-refractivity contribution in [2.24, 2.45) is 0 Å². The molecule has 0 spiro atoms. The standard InChI is InChI=1S/C20H36N2O2/c1-5-7-13-22(14-8-6-2)15-9-12-21-17-18-10-11-19(23-3)20(16-18)24-4/h10-11,16,21H,5-9,12-15,17H2,1-4H3. The van der Waals surface area contributed by atoms with E-state index in [1.54, 1.807) is 14.2 Å². The summed E-state index contributed by atoms with van der Waals surface area (Å²) < 4.78 is 10.6. The third-order valence-electron chi connectivity index (χ3n) is 4.26. The number of nitrogens with one attached hydrogen (secondary N) is 1. The number of methoxy groups -OCH3 is 2. The van der Waals surface area contributed by atoms with E-state index in [0.29, 0.717) is 0 Å². The number of nitrogens with zero attached hydrogens (tertiary/aromatic N) is 1. The lowest BCUT2D eigenvalue weighted by atomic mass is 10.2. The monoisotopic (exact) mass is 336 g/mol. The van der Waals surface area contributed by atoms with E-state index in [1.165, 1.54) is 57.3 Å². The SMILES string of the molecule is CCCCN(CCCC)CCCNCc1ccc(OC)c(OC)c1. The van der Waals surface area contributed by atoms with Gasteiger partial charge in [-0.05, 0) is 63.1 Å². The highest BCUT2D eigenvalue weighted by atomic mass is 16.5. The Bertz CT molecular complexity index is 430. The second kappa shape index (κ2) is 13.1. The van der Waals surface area contributed by atoms with Gasteiger partial charge in [0.05, 0.1) is 14.2 Å². The Labute approximate surface area is 148 Å². The number of hydrogen-bond donors (Lipinski definition) is 1. The summed E-state index contributed by atoms with van der Waals surface area (Å²) in [6.45, 7) is 10.1. The van der Waals surface area contributed by atoms with Crippen molar-refractivity contribution in [3.05, 3.63) is 23.8 Å². The van der Waals surface area contributed by atoms with E-state index >= 15 is 0 Å². The lowest BCUT2D eigenvalue weighted by Crippen LogP contribution is -2.29. The number of rotatable bonds is 14. The fourth-order valence-electron chi connectivity index (χ4n) is 2.75. The first kappa shape index (κ1) is 20.8. The van der Waals surface area contributed by atoms with Crippen LogP contribution in [0.1, 0.15) is 51.5 Å². The van der Waals surface area contributed by atoms with Gasteiger partial charge in [-0.1, -0.05) is 32.8 Å². The Balaban J connectivity index is 2.28. The van der Waals surface area contributed by atoms with Gasteiger partial charge < -0.3 is 19.7 Å². The smallest absolute Gasteiger partial charge is 0.161 e.